The van der Waals surface area contributed by atoms with Gasteiger partial charge in [-0.2, -0.15) is 0 Å². The summed E-state index contributed by atoms with van der Waals surface area (Å²) in [6.07, 6.45) is 1.63. The minimum absolute atomic E-state index is 0.106. The molecule has 0 saturated heterocycles. The topological polar surface area (TPSA) is 72.8 Å². The molecule has 5 nitrogen and oxygen atoms in total. The maximum atomic E-state index is 11.7. The third-order valence-electron chi connectivity index (χ3n) is 3.31. The van der Waals surface area contributed by atoms with Gasteiger partial charge in [0.05, 0.1) is 5.56 Å². The van der Waals surface area contributed by atoms with Gasteiger partial charge in [-0.1, -0.05) is 31.4 Å². The summed E-state index contributed by atoms with van der Waals surface area (Å²) in [5.41, 5.74) is 1.47. The number of ether oxygens (including phenoxy) is 2. The van der Waals surface area contributed by atoms with Crippen LogP contribution in [0.5, 0.6) is 11.5 Å². The first-order valence-corrected chi connectivity index (χ1v) is 7.51. The molecule has 0 aromatic heterocycles. The van der Waals surface area contributed by atoms with Gasteiger partial charge >= 0.3 is 11.9 Å². The summed E-state index contributed by atoms with van der Waals surface area (Å²) in [6.45, 7) is 9.02. The van der Waals surface area contributed by atoms with E-state index in [1.165, 1.54) is 25.1 Å². The van der Waals surface area contributed by atoms with Crippen molar-refractivity contribution in [3.8, 4) is 22.6 Å². The van der Waals surface area contributed by atoms with Crippen molar-refractivity contribution in [2.45, 2.75) is 6.92 Å². The van der Waals surface area contributed by atoms with Crippen molar-refractivity contribution in [3.63, 3.8) is 0 Å². The van der Waals surface area contributed by atoms with Crippen LogP contribution in [-0.4, -0.2) is 23.7 Å². The Labute approximate surface area is 145 Å². The summed E-state index contributed by atoms with van der Waals surface area (Å²) in [6, 6.07) is 11.3. The first-order valence-electron chi connectivity index (χ1n) is 7.51. The van der Waals surface area contributed by atoms with Crippen LogP contribution in [0.15, 0.2) is 67.3 Å². The Balaban J connectivity index is 2.39. The van der Waals surface area contributed by atoms with Gasteiger partial charge in [0.1, 0.15) is 18.1 Å². The molecule has 128 valence electrons. The van der Waals surface area contributed by atoms with E-state index in [0.717, 1.165) is 0 Å². The smallest absolute Gasteiger partial charge is 0.338 e. The highest BCUT2D eigenvalue weighted by atomic mass is 16.5. The molecule has 0 radical (unpaired) electrons. The third kappa shape index (κ3) is 4.57. The number of carboxylic acids is 1. The second-order valence-corrected chi connectivity index (χ2v) is 5.31. The van der Waals surface area contributed by atoms with Gasteiger partial charge in [-0.05, 0) is 48.4 Å². The fourth-order valence-electron chi connectivity index (χ4n) is 2.09. The summed E-state index contributed by atoms with van der Waals surface area (Å²) in [4.78, 5) is 23.1. The maximum Gasteiger partial charge on any atom is 0.338 e. The normalized spacial score (nSPS) is 9.96. The SMILES string of the molecule is C=CCOc1ccc(-c2cc(OC(=O)C(=C)C)ccc2C(=O)O)cc1. The van der Waals surface area contributed by atoms with Crippen LogP contribution >= 0.6 is 0 Å². The summed E-state index contributed by atoms with van der Waals surface area (Å²) >= 11 is 0. The number of aromatic carboxylic acids is 1. The standard InChI is InChI=1S/C20H18O5/c1-4-11-24-15-7-5-14(6-8-15)18-12-16(25-20(23)13(2)3)9-10-17(18)19(21)22/h4-10,12H,1-2,11H2,3H3,(H,21,22). The minimum atomic E-state index is -1.07. The predicted molar refractivity (Wildman–Crippen MR) is 95.0 cm³/mol. The lowest BCUT2D eigenvalue weighted by atomic mass is 9.99. The van der Waals surface area contributed by atoms with E-state index in [2.05, 4.69) is 13.2 Å². The van der Waals surface area contributed by atoms with E-state index in [4.69, 9.17) is 9.47 Å². The molecule has 0 amide bonds. The number of carbonyl (C=O) groups is 2. The van der Waals surface area contributed by atoms with Crippen molar-refractivity contribution in [1.29, 1.82) is 0 Å². The monoisotopic (exact) mass is 338 g/mol. The van der Waals surface area contributed by atoms with Gasteiger partial charge in [-0.15, -0.1) is 0 Å². The van der Waals surface area contributed by atoms with Gasteiger partial charge in [-0.25, -0.2) is 9.59 Å². The summed E-state index contributed by atoms with van der Waals surface area (Å²) < 4.78 is 10.6. The second-order valence-electron chi connectivity index (χ2n) is 5.31. The Kier molecular flexibility index (Phi) is 5.74. The van der Waals surface area contributed by atoms with Crippen LogP contribution in [-0.2, 0) is 4.79 Å². The molecule has 2 aromatic carbocycles. The van der Waals surface area contributed by atoms with E-state index >= 15 is 0 Å². The molecule has 0 spiro atoms. The van der Waals surface area contributed by atoms with Crippen molar-refractivity contribution in [1.82, 2.24) is 0 Å². The molecule has 2 rings (SSSR count). The van der Waals surface area contributed by atoms with Crippen molar-refractivity contribution < 1.29 is 24.2 Å². The number of carboxylic acid groups (broad SMARTS) is 1. The number of hydrogen-bond acceptors (Lipinski definition) is 4. The Bertz CT molecular complexity index is 818. The lowest BCUT2D eigenvalue weighted by molar-refractivity contribution is -0.130. The maximum absolute atomic E-state index is 11.7. The Morgan fingerprint density at radius 3 is 2.32 bits per heavy atom. The van der Waals surface area contributed by atoms with Gasteiger partial charge in [-0.3, -0.25) is 0 Å². The molecule has 0 aliphatic carbocycles. The molecule has 0 saturated carbocycles. The van der Waals surface area contributed by atoms with Gasteiger partial charge in [0.15, 0.2) is 0 Å². The van der Waals surface area contributed by atoms with E-state index in [9.17, 15) is 14.7 Å². The summed E-state index contributed by atoms with van der Waals surface area (Å²) in [7, 11) is 0. The lowest BCUT2D eigenvalue weighted by Gasteiger charge is -2.11. The summed E-state index contributed by atoms with van der Waals surface area (Å²) in [5, 5.41) is 9.40. The highest BCUT2D eigenvalue weighted by Gasteiger charge is 2.15. The van der Waals surface area contributed by atoms with E-state index in [0.29, 0.717) is 23.5 Å². The quantitative estimate of drug-likeness (QED) is 0.356. The molecule has 2 aromatic rings. The van der Waals surface area contributed by atoms with Crippen LogP contribution in [0, 0.1) is 0 Å². The molecule has 5 heteroatoms. The van der Waals surface area contributed by atoms with Crippen molar-refractivity contribution in [2.75, 3.05) is 6.61 Å². The number of hydrogen-bond donors (Lipinski definition) is 1. The first-order chi connectivity index (χ1) is 11.9. The molecule has 25 heavy (non-hydrogen) atoms. The van der Waals surface area contributed by atoms with Crippen LogP contribution in [0.4, 0.5) is 0 Å². The second kappa shape index (κ2) is 7.97. The zero-order valence-electron chi connectivity index (χ0n) is 13.8. The largest absolute Gasteiger partial charge is 0.490 e. The molecule has 0 aliphatic heterocycles. The Morgan fingerprint density at radius 1 is 1.12 bits per heavy atom. The van der Waals surface area contributed by atoms with Gasteiger partial charge in [0, 0.05) is 5.57 Å². The zero-order valence-corrected chi connectivity index (χ0v) is 13.8. The number of esters is 1. The van der Waals surface area contributed by atoms with Gasteiger partial charge in [0.2, 0.25) is 0 Å². The first kappa shape index (κ1) is 18.0. The van der Waals surface area contributed by atoms with E-state index in [-0.39, 0.29) is 16.9 Å². The molecule has 0 fully saturated rings. The van der Waals surface area contributed by atoms with Crippen molar-refractivity contribution in [2.24, 2.45) is 0 Å². The van der Waals surface area contributed by atoms with Crippen LogP contribution < -0.4 is 9.47 Å². The van der Waals surface area contributed by atoms with E-state index in [1.807, 2.05) is 0 Å². The number of rotatable bonds is 7. The average Bonchev–Trinajstić information content (AvgIpc) is 2.60. The van der Waals surface area contributed by atoms with Crippen molar-refractivity contribution >= 4 is 11.9 Å². The molecule has 0 aliphatic rings. The lowest BCUT2D eigenvalue weighted by Crippen LogP contribution is -2.09. The highest BCUT2D eigenvalue weighted by Crippen LogP contribution is 2.30. The molecule has 0 unspecified atom stereocenters. The fourth-order valence-corrected chi connectivity index (χ4v) is 2.09. The van der Waals surface area contributed by atoms with Crippen LogP contribution in [0.3, 0.4) is 0 Å². The number of benzene rings is 2. The van der Waals surface area contributed by atoms with E-state index < -0.39 is 11.9 Å². The average molecular weight is 338 g/mol. The molecular weight excluding hydrogens is 320 g/mol. The van der Waals surface area contributed by atoms with E-state index in [1.54, 1.807) is 30.3 Å². The van der Waals surface area contributed by atoms with Gasteiger partial charge < -0.3 is 14.6 Å². The molecule has 0 heterocycles. The van der Waals surface area contributed by atoms with Crippen LogP contribution in [0.25, 0.3) is 11.1 Å². The van der Waals surface area contributed by atoms with Gasteiger partial charge in [0.25, 0.3) is 0 Å². The Morgan fingerprint density at radius 2 is 1.76 bits per heavy atom. The minimum Gasteiger partial charge on any atom is -0.490 e. The zero-order chi connectivity index (χ0) is 18.4. The highest BCUT2D eigenvalue weighted by molar-refractivity contribution is 5.97. The van der Waals surface area contributed by atoms with Crippen molar-refractivity contribution in [3.05, 3.63) is 72.8 Å². The Hall–Kier alpha value is -3.34. The van der Waals surface area contributed by atoms with Crippen LogP contribution in [0.1, 0.15) is 17.3 Å². The molecule has 0 atom stereocenters. The third-order valence-corrected chi connectivity index (χ3v) is 3.31. The number of carbonyl (C=O) groups excluding carboxylic acids is 1. The molecule has 0 bridgehead atoms. The molecular formula is C20H18O5. The summed E-state index contributed by atoms with van der Waals surface area (Å²) in [5.74, 6) is -0.743. The fraction of sp³-hybridized carbons (Fsp3) is 0.100. The van der Waals surface area contributed by atoms with Crippen LogP contribution in [0.2, 0.25) is 0 Å². The molecule has 1 N–H and O–H groups in total. The predicted octanol–water partition coefficient (Wildman–Crippen LogP) is 4.10.